The Morgan fingerprint density at radius 3 is 2.48 bits per heavy atom. The summed E-state index contributed by atoms with van der Waals surface area (Å²) in [7, 11) is 0. The Labute approximate surface area is 173 Å². The van der Waals surface area contributed by atoms with E-state index in [1.54, 1.807) is 41.1 Å². The van der Waals surface area contributed by atoms with Gasteiger partial charge in [0.1, 0.15) is 0 Å². The molecule has 0 radical (unpaired) electrons. The molecular weight excluding hydrogens is 424 g/mol. The molecule has 3 aromatic rings. The quantitative estimate of drug-likeness (QED) is 0.447. The van der Waals surface area contributed by atoms with Gasteiger partial charge in [0.25, 0.3) is 0 Å². The van der Waals surface area contributed by atoms with Gasteiger partial charge >= 0.3 is 0 Å². The van der Waals surface area contributed by atoms with Crippen LogP contribution < -0.4 is 11.1 Å². The van der Waals surface area contributed by atoms with Crippen LogP contribution >= 0.6 is 46.9 Å². The highest BCUT2D eigenvalue weighted by Gasteiger charge is 2.10. The Bertz CT molecular complexity index is 1030. The van der Waals surface area contributed by atoms with Crippen LogP contribution in [0.2, 0.25) is 5.02 Å². The maximum absolute atomic E-state index is 12.1. The number of anilines is 1. The van der Waals surface area contributed by atoms with Gasteiger partial charge in [-0.3, -0.25) is 9.59 Å². The van der Waals surface area contributed by atoms with E-state index in [9.17, 15) is 9.59 Å². The number of halogens is 1. The van der Waals surface area contributed by atoms with Crippen LogP contribution in [0.5, 0.6) is 0 Å². The zero-order valence-corrected chi connectivity index (χ0v) is 16.9. The van der Waals surface area contributed by atoms with Crippen LogP contribution in [-0.2, 0) is 4.79 Å². The first-order chi connectivity index (χ1) is 12.9. The summed E-state index contributed by atoms with van der Waals surface area (Å²) in [4.78, 5) is 23.2. The predicted octanol–water partition coefficient (Wildman–Crippen LogP) is 4.15. The number of nitrogens with one attached hydrogen (secondary N) is 1. The fraction of sp³-hybridized carbons (Fsp3) is 0.0588. The van der Waals surface area contributed by atoms with Crippen LogP contribution in [0.3, 0.4) is 0 Å². The third kappa shape index (κ3) is 5.16. The van der Waals surface area contributed by atoms with Gasteiger partial charge in [0, 0.05) is 16.3 Å². The number of primary amides is 1. The minimum Gasteiger partial charge on any atom is -0.366 e. The van der Waals surface area contributed by atoms with Gasteiger partial charge in [-0.1, -0.05) is 34.7 Å². The van der Waals surface area contributed by atoms with Crippen LogP contribution in [0.15, 0.2) is 52.9 Å². The second-order valence-electron chi connectivity index (χ2n) is 5.30. The number of nitrogens with two attached hydrogens (primary N) is 1. The first kappa shape index (κ1) is 19.6. The molecule has 0 saturated heterocycles. The van der Waals surface area contributed by atoms with Crippen LogP contribution in [0, 0.1) is 3.95 Å². The number of hydrogen-bond donors (Lipinski definition) is 2. The maximum Gasteiger partial charge on any atom is 0.248 e. The summed E-state index contributed by atoms with van der Waals surface area (Å²) >= 11 is 13.9. The minimum atomic E-state index is -0.513. The number of amides is 2. The second kappa shape index (κ2) is 8.66. The second-order valence-corrected chi connectivity index (χ2v) is 8.58. The smallest absolute Gasteiger partial charge is 0.248 e. The fourth-order valence-corrected chi connectivity index (χ4v) is 4.39. The molecule has 0 unspecified atom stereocenters. The number of aromatic nitrogens is 2. The molecule has 2 aromatic carbocycles. The molecule has 0 bridgehead atoms. The molecule has 0 spiro atoms. The van der Waals surface area contributed by atoms with Crippen molar-refractivity contribution in [2.75, 3.05) is 11.1 Å². The summed E-state index contributed by atoms with van der Waals surface area (Å²) in [5, 5.41) is 7.83. The van der Waals surface area contributed by atoms with Crippen molar-refractivity contribution in [1.29, 1.82) is 0 Å². The van der Waals surface area contributed by atoms with Crippen molar-refractivity contribution in [3.63, 3.8) is 0 Å². The highest BCUT2D eigenvalue weighted by atomic mass is 35.5. The molecule has 10 heteroatoms. The number of carbonyl (C=O) groups excluding carboxylic acids is 2. The lowest BCUT2D eigenvalue weighted by Crippen LogP contribution is -2.15. The van der Waals surface area contributed by atoms with Crippen LogP contribution in [-0.4, -0.2) is 27.3 Å². The number of carbonyl (C=O) groups is 2. The van der Waals surface area contributed by atoms with Crippen molar-refractivity contribution in [2.45, 2.75) is 4.34 Å². The van der Waals surface area contributed by atoms with Gasteiger partial charge in [0.05, 0.1) is 11.4 Å². The van der Waals surface area contributed by atoms with E-state index >= 15 is 0 Å². The first-order valence-electron chi connectivity index (χ1n) is 7.61. The molecule has 6 nitrogen and oxygen atoms in total. The lowest BCUT2D eigenvalue weighted by atomic mass is 10.2. The van der Waals surface area contributed by atoms with Crippen molar-refractivity contribution < 1.29 is 9.59 Å². The molecule has 0 saturated carbocycles. The largest absolute Gasteiger partial charge is 0.366 e. The lowest BCUT2D eigenvalue weighted by Gasteiger charge is -2.04. The maximum atomic E-state index is 12.1. The van der Waals surface area contributed by atoms with E-state index < -0.39 is 5.91 Å². The van der Waals surface area contributed by atoms with Gasteiger partial charge < -0.3 is 11.1 Å². The Kier molecular flexibility index (Phi) is 6.27. The Hall–Kier alpha value is -2.20. The number of benzene rings is 2. The summed E-state index contributed by atoms with van der Waals surface area (Å²) in [5.41, 5.74) is 6.97. The first-order valence-corrected chi connectivity index (χ1v) is 10.2. The molecular formula is C17H13ClN4O2S3. The van der Waals surface area contributed by atoms with Gasteiger partial charge in [-0.15, -0.1) is 5.10 Å². The standard InChI is InChI=1S/C17H13ClN4O2S3/c18-11-3-7-13(8-4-11)22-17(25)27-16(21-22)26-9-14(23)20-12-5-1-10(2-6-12)15(19)24/h1-8H,9H2,(H2,19,24)(H,20,23). The molecule has 0 aliphatic heterocycles. The summed E-state index contributed by atoms with van der Waals surface area (Å²) in [6.45, 7) is 0. The average molecular weight is 437 g/mol. The van der Waals surface area contributed by atoms with E-state index in [1.807, 2.05) is 12.1 Å². The van der Waals surface area contributed by atoms with Crippen LogP contribution in [0.25, 0.3) is 5.69 Å². The van der Waals surface area contributed by atoms with E-state index in [0.717, 1.165) is 5.69 Å². The molecule has 3 rings (SSSR count). The highest BCUT2D eigenvalue weighted by Crippen LogP contribution is 2.25. The van der Waals surface area contributed by atoms with Crippen LogP contribution in [0.4, 0.5) is 5.69 Å². The Morgan fingerprint density at radius 2 is 1.85 bits per heavy atom. The fourth-order valence-electron chi connectivity index (χ4n) is 2.11. The lowest BCUT2D eigenvalue weighted by molar-refractivity contribution is -0.113. The summed E-state index contributed by atoms with van der Waals surface area (Å²) in [6, 6.07) is 13.6. The molecule has 2 amide bonds. The van der Waals surface area contributed by atoms with E-state index in [-0.39, 0.29) is 11.7 Å². The molecule has 138 valence electrons. The molecule has 1 heterocycles. The molecule has 0 fully saturated rings. The third-order valence-corrected chi connectivity index (χ3v) is 6.00. The van der Waals surface area contributed by atoms with Crippen LogP contribution in [0.1, 0.15) is 10.4 Å². The minimum absolute atomic E-state index is 0.181. The van der Waals surface area contributed by atoms with Crippen molar-refractivity contribution in [1.82, 2.24) is 9.78 Å². The molecule has 0 atom stereocenters. The van der Waals surface area contributed by atoms with Gasteiger partial charge in [0.2, 0.25) is 11.8 Å². The van der Waals surface area contributed by atoms with Crippen molar-refractivity contribution in [3.05, 3.63) is 63.1 Å². The van der Waals surface area contributed by atoms with E-state index in [2.05, 4.69) is 10.4 Å². The van der Waals surface area contributed by atoms with Gasteiger partial charge in [-0.2, -0.15) is 0 Å². The molecule has 0 aliphatic rings. The van der Waals surface area contributed by atoms with Crippen molar-refractivity contribution in [3.8, 4) is 5.69 Å². The molecule has 27 heavy (non-hydrogen) atoms. The number of nitrogens with zero attached hydrogens (tertiary/aromatic N) is 2. The number of thioether (sulfide) groups is 1. The van der Waals surface area contributed by atoms with Crippen molar-refractivity contribution in [2.24, 2.45) is 5.73 Å². The Balaban J connectivity index is 1.60. The summed E-state index contributed by atoms with van der Waals surface area (Å²) < 4.78 is 2.91. The monoisotopic (exact) mass is 436 g/mol. The number of rotatable bonds is 6. The molecule has 1 aromatic heterocycles. The van der Waals surface area contributed by atoms with E-state index in [0.29, 0.717) is 24.6 Å². The zero-order chi connectivity index (χ0) is 19.4. The van der Waals surface area contributed by atoms with Gasteiger partial charge in [-0.05, 0) is 60.7 Å². The molecule has 3 N–H and O–H groups in total. The SMILES string of the molecule is NC(=O)c1ccc(NC(=O)CSc2nn(-c3ccc(Cl)cc3)c(=S)s2)cc1. The summed E-state index contributed by atoms with van der Waals surface area (Å²) in [6.07, 6.45) is 0. The third-order valence-electron chi connectivity index (χ3n) is 3.38. The Morgan fingerprint density at radius 1 is 1.19 bits per heavy atom. The highest BCUT2D eigenvalue weighted by molar-refractivity contribution is 8.01. The summed E-state index contributed by atoms with van der Waals surface area (Å²) in [5.74, 6) is -0.521. The average Bonchev–Trinajstić information content (AvgIpc) is 3.02. The van der Waals surface area contributed by atoms with Crippen molar-refractivity contribution >= 4 is 64.4 Å². The zero-order valence-electron chi connectivity index (χ0n) is 13.7. The number of hydrogen-bond acceptors (Lipinski definition) is 6. The predicted molar refractivity (Wildman–Crippen MR) is 112 cm³/mol. The normalized spacial score (nSPS) is 10.6. The van der Waals surface area contributed by atoms with E-state index in [1.165, 1.54) is 23.1 Å². The van der Waals surface area contributed by atoms with Gasteiger partial charge in [0.15, 0.2) is 8.29 Å². The topological polar surface area (TPSA) is 90.0 Å². The van der Waals surface area contributed by atoms with E-state index in [4.69, 9.17) is 29.6 Å². The molecule has 0 aliphatic carbocycles. The van der Waals surface area contributed by atoms with Gasteiger partial charge in [-0.25, -0.2) is 4.68 Å².